The maximum Gasteiger partial charge on any atom is 0.328 e. The molecule has 2 heterocycles. The topological polar surface area (TPSA) is 463 Å². The van der Waals surface area contributed by atoms with Crippen molar-refractivity contribution in [2.24, 2.45) is 23.1 Å². The maximum atomic E-state index is 14.5. The highest BCUT2D eigenvalue weighted by molar-refractivity contribution is 5.99. The molecule has 1 aromatic carbocycles. The van der Waals surface area contributed by atoms with Crippen molar-refractivity contribution in [3.8, 4) is 0 Å². The van der Waals surface area contributed by atoms with Crippen molar-refractivity contribution in [1.82, 2.24) is 52.1 Å². The molecule has 0 saturated carbocycles. The fourth-order valence-corrected chi connectivity index (χ4v) is 7.59. The summed E-state index contributed by atoms with van der Waals surface area (Å²) in [4.78, 5) is 152. The van der Waals surface area contributed by atoms with E-state index in [0.29, 0.717) is 12.0 Å². The number of aromatic amines is 1. The van der Waals surface area contributed by atoms with Crippen LogP contribution in [0.2, 0.25) is 0 Å². The van der Waals surface area contributed by atoms with Crippen LogP contribution in [0.5, 0.6) is 0 Å². The molecule has 2 aromatic rings. The van der Waals surface area contributed by atoms with Crippen LogP contribution in [-0.4, -0.2) is 181 Å². The van der Waals surface area contributed by atoms with Crippen LogP contribution in [-0.2, 0) is 65.6 Å². The number of H-pyrrole nitrogens is 1. The number of carboxylic acids is 1. The van der Waals surface area contributed by atoms with Crippen LogP contribution in [0.25, 0.3) is 0 Å². The number of imidazole rings is 1. The second-order valence-electron chi connectivity index (χ2n) is 17.9. The number of carbonyl (C=O) groups is 11. The molecule has 0 aliphatic carbocycles. The van der Waals surface area contributed by atoms with Gasteiger partial charge in [-0.1, -0.05) is 44.2 Å². The van der Waals surface area contributed by atoms with Gasteiger partial charge >= 0.3 is 5.97 Å². The molecule has 1 saturated heterocycles. The van der Waals surface area contributed by atoms with Crippen molar-refractivity contribution in [1.29, 1.82) is 0 Å². The van der Waals surface area contributed by atoms with E-state index in [0.717, 1.165) is 0 Å². The number of rotatable bonds is 30. The number of primary amides is 2. The fraction of sp³-hybridized carbons (Fsp3) is 0.556. The minimum Gasteiger partial charge on any atom is -0.480 e. The number of aromatic nitrogens is 2. The Morgan fingerprint density at radius 3 is 1.78 bits per heavy atom. The van der Waals surface area contributed by atoms with Crippen molar-refractivity contribution in [3.05, 3.63) is 54.1 Å². The number of hydrogen-bond donors (Lipinski definition) is 15. The molecule has 0 spiro atoms. The highest BCUT2D eigenvalue weighted by Gasteiger charge is 2.41. The number of nitrogens with zero attached hydrogens (tertiary/aromatic N) is 2. The number of amides is 10. The lowest BCUT2D eigenvalue weighted by atomic mass is 10.0. The number of aliphatic hydroxyl groups excluding tert-OH is 3. The van der Waals surface area contributed by atoms with E-state index in [2.05, 4.69) is 47.2 Å². The largest absolute Gasteiger partial charge is 0.480 e. The number of nitrogens with two attached hydrogens (primary N) is 3. The SMILES string of the molecule is CC(C)C[C@H](NC(=O)[C@@H]1CCCN1C(=O)[C@H](Cc1ccccc1)NC(=O)[C@H](CO)NC(=O)[C@H](Cc1cnc[nH]1)NC(=O)[C@H](CO)NC(=O)[C@H](CC(N)=O)NC(=O)[C@@H](N)CCC(N)=O)C(=O)N[C@H](C(=O)O)[C@@H](C)O. The first-order chi connectivity index (χ1) is 34.4. The molecule has 402 valence electrons. The quantitative estimate of drug-likeness (QED) is 0.0346. The molecule has 1 aliphatic rings. The second kappa shape index (κ2) is 29.1. The number of carboxylic acid groups (broad SMARTS) is 1. The first kappa shape index (κ1) is 59.7. The first-order valence-electron chi connectivity index (χ1n) is 23.3. The van der Waals surface area contributed by atoms with E-state index in [4.69, 9.17) is 17.2 Å². The molecule has 0 unspecified atom stereocenters. The number of hydrogen-bond acceptors (Lipinski definition) is 16. The van der Waals surface area contributed by atoms with Crippen LogP contribution in [0.4, 0.5) is 0 Å². The van der Waals surface area contributed by atoms with E-state index in [9.17, 15) is 73.2 Å². The first-order valence-corrected chi connectivity index (χ1v) is 23.3. The van der Waals surface area contributed by atoms with Crippen molar-refractivity contribution in [2.75, 3.05) is 19.8 Å². The van der Waals surface area contributed by atoms with Gasteiger partial charge in [-0.3, -0.25) is 47.9 Å². The molecule has 1 aromatic heterocycles. The molecule has 73 heavy (non-hydrogen) atoms. The molecule has 0 radical (unpaired) electrons. The minimum absolute atomic E-state index is 0.0414. The zero-order chi connectivity index (χ0) is 54.5. The van der Waals surface area contributed by atoms with Gasteiger partial charge in [0.2, 0.25) is 59.1 Å². The number of benzene rings is 1. The fourth-order valence-electron chi connectivity index (χ4n) is 7.59. The number of likely N-dealkylation sites (tertiary alicyclic amines) is 1. The Balaban J connectivity index is 1.84. The molecule has 1 aliphatic heterocycles. The summed E-state index contributed by atoms with van der Waals surface area (Å²) in [5.74, 6) is -11.4. The third-order valence-corrected chi connectivity index (χ3v) is 11.4. The van der Waals surface area contributed by atoms with Crippen LogP contribution in [0.3, 0.4) is 0 Å². The predicted octanol–water partition coefficient (Wildman–Crippen LogP) is -6.46. The molecule has 10 atom stereocenters. The summed E-state index contributed by atoms with van der Waals surface area (Å²) >= 11 is 0. The zero-order valence-corrected chi connectivity index (χ0v) is 40.6. The molecular weight excluding hydrogens is 963 g/mol. The van der Waals surface area contributed by atoms with Crippen LogP contribution >= 0.6 is 0 Å². The van der Waals surface area contributed by atoms with Crippen molar-refractivity contribution >= 4 is 65.0 Å². The summed E-state index contributed by atoms with van der Waals surface area (Å²) in [5.41, 5.74) is 17.0. The van der Waals surface area contributed by atoms with E-state index in [1.54, 1.807) is 44.2 Å². The average Bonchev–Trinajstić information content (AvgIpc) is 4.05. The highest BCUT2D eigenvalue weighted by Crippen LogP contribution is 2.21. The molecule has 3 rings (SSSR count). The lowest BCUT2D eigenvalue weighted by molar-refractivity contribution is -0.146. The Kier molecular flexibility index (Phi) is 23.8. The predicted molar refractivity (Wildman–Crippen MR) is 254 cm³/mol. The van der Waals surface area contributed by atoms with E-state index >= 15 is 0 Å². The standard InChI is InChI=1S/C45H67N13O15/c1-22(2)14-27(40(67)57-36(23(3)61)45(72)73)53-43(70)33-10-7-13-58(33)44(71)30(15-24-8-5-4-6-9-24)54-42(69)32(20-60)55-38(65)28(16-25-18-49-21-50-25)52-41(68)31(19-59)56-39(66)29(17-35(48)63)51-37(64)26(46)11-12-34(47)62/h4-6,8-9,18,21-23,26-33,36,59-61H,7,10-17,19-20,46H2,1-3H3,(H2,47,62)(H2,48,63)(H,49,50)(H,51,64)(H,52,68)(H,53,70)(H,54,69)(H,55,65)(H,56,66)(H,57,67)(H,72,73)/t23-,26+,27+,28+,29+,30+,31+,32+,33+,36+/m1/s1. The van der Waals surface area contributed by atoms with Crippen molar-refractivity contribution in [2.45, 2.75) is 133 Å². The van der Waals surface area contributed by atoms with E-state index in [1.165, 1.54) is 24.3 Å². The Bertz CT molecular complexity index is 2250. The lowest BCUT2D eigenvalue weighted by Crippen LogP contribution is -2.62. The van der Waals surface area contributed by atoms with Gasteiger partial charge in [0.05, 0.1) is 38.1 Å². The Morgan fingerprint density at radius 1 is 0.712 bits per heavy atom. The summed E-state index contributed by atoms with van der Waals surface area (Å²) in [7, 11) is 0. The Labute approximate surface area is 419 Å². The molecule has 1 fully saturated rings. The Hall–Kier alpha value is -7.56. The summed E-state index contributed by atoms with van der Waals surface area (Å²) in [6.45, 7) is 2.61. The normalized spacial score (nSPS) is 16.9. The van der Waals surface area contributed by atoms with Crippen LogP contribution in [0.15, 0.2) is 42.9 Å². The number of aliphatic carboxylic acids is 1. The highest BCUT2D eigenvalue weighted by atomic mass is 16.4. The number of carbonyl (C=O) groups excluding carboxylic acids is 10. The van der Waals surface area contributed by atoms with Gasteiger partial charge in [0.15, 0.2) is 6.04 Å². The average molecular weight is 1030 g/mol. The summed E-state index contributed by atoms with van der Waals surface area (Å²) in [6.07, 6.45) is -0.141. The minimum atomic E-state index is -1.84. The van der Waals surface area contributed by atoms with E-state index in [1.807, 2.05) is 0 Å². The Morgan fingerprint density at radius 2 is 1.26 bits per heavy atom. The summed E-state index contributed by atoms with van der Waals surface area (Å²) in [6, 6.07) is -5.42. The van der Waals surface area contributed by atoms with Crippen molar-refractivity contribution in [3.63, 3.8) is 0 Å². The van der Waals surface area contributed by atoms with Gasteiger partial charge in [-0.05, 0) is 44.1 Å². The molecule has 18 N–H and O–H groups in total. The van der Waals surface area contributed by atoms with E-state index < -0.39 is 145 Å². The monoisotopic (exact) mass is 1030 g/mol. The third-order valence-electron chi connectivity index (χ3n) is 11.4. The van der Waals surface area contributed by atoms with Gasteiger partial charge in [-0.15, -0.1) is 0 Å². The van der Waals surface area contributed by atoms with Gasteiger partial charge in [0.25, 0.3) is 0 Å². The van der Waals surface area contributed by atoms with Gasteiger partial charge in [-0.25, -0.2) is 9.78 Å². The van der Waals surface area contributed by atoms with Crippen LogP contribution in [0.1, 0.15) is 70.6 Å². The van der Waals surface area contributed by atoms with Gasteiger partial charge in [0.1, 0.15) is 42.3 Å². The summed E-state index contributed by atoms with van der Waals surface area (Å²) in [5, 5.41) is 56.5. The van der Waals surface area contributed by atoms with Crippen LogP contribution in [0, 0.1) is 5.92 Å². The van der Waals surface area contributed by atoms with Gasteiger partial charge in [0, 0.05) is 37.7 Å². The summed E-state index contributed by atoms with van der Waals surface area (Å²) < 4.78 is 0. The van der Waals surface area contributed by atoms with E-state index in [-0.39, 0.29) is 56.7 Å². The molecule has 28 nitrogen and oxygen atoms in total. The van der Waals surface area contributed by atoms with Gasteiger partial charge < -0.3 is 84.7 Å². The maximum absolute atomic E-state index is 14.5. The molecular formula is C45H67N13O15. The molecule has 10 amide bonds. The number of nitrogens with one attached hydrogen (secondary N) is 8. The number of aliphatic hydroxyl groups is 3. The van der Waals surface area contributed by atoms with Crippen LogP contribution < -0.4 is 54.4 Å². The smallest absolute Gasteiger partial charge is 0.328 e. The lowest BCUT2D eigenvalue weighted by Gasteiger charge is -2.31. The van der Waals surface area contributed by atoms with Crippen molar-refractivity contribution < 1.29 is 73.2 Å². The molecule has 28 heteroatoms. The molecule has 0 bridgehead atoms. The second-order valence-corrected chi connectivity index (χ2v) is 17.9. The third kappa shape index (κ3) is 19.2. The van der Waals surface area contributed by atoms with Gasteiger partial charge in [-0.2, -0.15) is 0 Å². The zero-order valence-electron chi connectivity index (χ0n) is 40.6.